The van der Waals surface area contributed by atoms with Gasteiger partial charge in [0.05, 0.1) is 0 Å². The number of rotatable bonds is 7. The molecular weight excluding hydrogens is 390 g/mol. The third-order valence-electron chi connectivity index (χ3n) is 5.34. The molecule has 31 heavy (non-hydrogen) atoms. The molecule has 0 saturated heterocycles. The summed E-state index contributed by atoms with van der Waals surface area (Å²) >= 11 is 0. The highest BCUT2D eigenvalue weighted by atomic mass is 16.5. The van der Waals surface area contributed by atoms with Gasteiger partial charge in [0.2, 0.25) is 5.89 Å². The van der Waals surface area contributed by atoms with E-state index >= 15 is 0 Å². The second kappa shape index (κ2) is 9.00. The van der Waals surface area contributed by atoms with Crippen LogP contribution in [-0.4, -0.2) is 22.5 Å². The molecule has 4 aromatic rings. The number of oxazole rings is 1. The van der Waals surface area contributed by atoms with Gasteiger partial charge < -0.3 is 14.5 Å². The van der Waals surface area contributed by atoms with E-state index in [0.29, 0.717) is 28.8 Å². The topological polar surface area (TPSA) is 77.2 Å². The molecule has 0 saturated carbocycles. The zero-order valence-corrected chi connectivity index (χ0v) is 17.9. The number of hydrogen-bond acceptors (Lipinski definition) is 5. The van der Waals surface area contributed by atoms with E-state index < -0.39 is 0 Å². The summed E-state index contributed by atoms with van der Waals surface area (Å²) in [5.74, 6) is 1.47. The van der Waals surface area contributed by atoms with E-state index in [1.807, 2.05) is 61.5 Å². The Morgan fingerprint density at radius 3 is 2.68 bits per heavy atom. The van der Waals surface area contributed by atoms with Crippen LogP contribution in [0.3, 0.4) is 0 Å². The summed E-state index contributed by atoms with van der Waals surface area (Å²) in [5.41, 5.74) is 4.93. The van der Waals surface area contributed by atoms with Gasteiger partial charge in [0.1, 0.15) is 5.75 Å². The van der Waals surface area contributed by atoms with E-state index in [0.717, 1.165) is 23.2 Å². The van der Waals surface area contributed by atoms with Crippen molar-refractivity contribution in [3.63, 3.8) is 0 Å². The lowest BCUT2D eigenvalue weighted by atomic mass is 9.99. The number of carbonyl (C=O) groups is 1. The second-order valence-corrected chi connectivity index (χ2v) is 7.59. The van der Waals surface area contributed by atoms with Crippen molar-refractivity contribution < 1.29 is 13.9 Å². The molecule has 0 aliphatic carbocycles. The van der Waals surface area contributed by atoms with Crippen LogP contribution in [0, 0.1) is 6.92 Å². The Morgan fingerprint density at radius 2 is 1.97 bits per heavy atom. The number of carbonyl (C=O) groups excluding carboxylic acids is 1. The van der Waals surface area contributed by atoms with Gasteiger partial charge in [-0.15, -0.1) is 0 Å². The minimum absolute atomic E-state index is 0.0549. The number of hydrogen-bond donors (Lipinski definition) is 1. The quantitative estimate of drug-likeness (QED) is 0.417. The first-order valence-corrected chi connectivity index (χ1v) is 10.4. The van der Waals surface area contributed by atoms with Gasteiger partial charge in [-0.1, -0.05) is 26.0 Å². The Labute approximate surface area is 181 Å². The number of ether oxygens (including phenoxy) is 1. The van der Waals surface area contributed by atoms with Gasteiger partial charge in [0, 0.05) is 17.4 Å². The first-order valence-electron chi connectivity index (χ1n) is 10.4. The largest absolute Gasteiger partial charge is 0.484 e. The van der Waals surface area contributed by atoms with Gasteiger partial charge in [0.25, 0.3) is 5.91 Å². The van der Waals surface area contributed by atoms with Crippen LogP contribution in [0.5, 0.6) is 5.75 Å². The number of aryl methyl sites for hydroxylation is 1. The maximum Gasteiger partial charge on any atom is 0.262 e. The third kappa shape index (κ3) is 4.74. The average molecular weight is 415 g/mol. The van der Waals surface area contributed by atoms with Crippen molar-refractivity contribution in [2.45, 2.75) is 33.1 Å². The van der Waals surface area contributed by atoms with Crippen LogP contribution in [0.25, 0.3) is 22.7 Å². The Morgan fingerprint density at radius 1 is 1.16 bits per heavy atom. The van der Waals surface area contributed by atoms with E-state index in [1.54, 1.807) is 6.20 Å². The predicted octanol–water partition coefficient (Wildman–Crippen LogP) is 5.73. The summed E-state index contributed by atoms with van der Waals surface area (Å²) in [6, 6.07) is 17.2. The van der Waals surface area contributed by atoms with Crippen LogP contribution in [0.1, 0.15) is 37.3 Å². The highest BCUT2D eigenvalue weighted by Crippen LogP contribution is 2.27. The summed E-state index contributed by atoms with van der Waals surface area (Å²) in [4.78, 5) is 21.0. The minimum Gasteiger partial charge on any atom is -0.484 e. The number of nitrogens with one attached hydrogen (secondary N) is 1. The zero-order valence-electron chi connectivity index (χ0n) is 17.9. The Bertz CT molecular complexity index is 1170. The van der Waals surface area contributed by atoms with Crippen molar-refractivity contribution in [3.05, 3.63) is 71.9 Å². The number of nitrogens with zero attached hydrogens (tertiary/aromatic N) is 2. The van der Waals surface area contributed by atoms with E-state index in [2.05, 4.69) is 29.1 Å². The molecule has 0 unspecified atom stereocenters. The van der Waals surface area contributed by atoms with Gasteiger partial charge >= 0.3 is 0 Å². The van der Waals surface area contributed by atoms with Gasteiger partial charge in [-0.05, 0) is 72.9 Å². The van der Waals surface area contributed by atoms with Crippen LogP contribution in [0.15, 0.2) is 65.2 Å². The molecule has 0 aliphatic heterocycles. The van der Waals surface area contributed by atoms with E-state index in [1.165, 1.54) is 5.56 Å². The molecular formula is C25H25N3O3. The fourth-order valence-electron chi connectivity index (χ4n) is 3.29. The number of amides is 1. The maximum absolute atomic E-state index is 12.4. The van der Waals surface area contributed by atoms with Crippen molar-refractivity contribution in [3.8, 4) is 17.2 Å². The van der Waals surface area contributed by atoms with E-state index in [4.69, 9.17) is 9.15 Å². The van der Waals surface area contributed by atoms with Crippen LogP contribution >= 0.6 is 0 Å². The SMILES string of the molecule is CC[C@@H](C)c1ccc(OCC(=O)Nc2ccc(-c3nc4ncccc4o3)cc2C)cc1. The van der Waals surface area contributed by atoms with Crippen molar-refractivity contribution in [2.75, 3.05) is 11.9 Å². The van der Waals surface area contributed by atoms with Gasteiger partial charge in [-0.25, -0.2) is 4.98 Å². The standard InChI is InChI=1S/C25H25N3O3/c1-4-16(2)18-7-10-20(11-8-18)30-15-23(29)27-21-12-9-19(14-17(21)3)25-28-24-22(31-25)6-5-13-26-24/h5-14,16H,4,15H2,1-3H3,(H,27,29)/t16-/m1/s1. The number of anilines is 1. The summed E-state index contributed by atoms with van der Waals surface area (Å²) < 4.78 is 11.4. The maximum atomic E-state index is 12.4. The fourth-order valence-corrected chi connectivity index (χ4v) is 3.29. The highest BCUT2D eigenvalue weighted by Gasteiger charge is 2.12. The lowest BCUT2D eigenvalue weighted by molar-refractivity contribution is -0.118. The molecule has 2 heterocycles. The molecule has 4 rings (SSSR count). The van der Waals surface area contributed by atoms with Gasteiger partial charge in [-0.2, -0.15) is 4.98 Å². The van der Waals surface area contributed by atoms with Crippen molar-refractivity contribution in [2.24, 2.45) is 0 Å². The van der Waals surface area contributed by atoms with Crippen molar-refractivity contribution in [1.29, 1.82) is 0 Å². The number of fused-ring (bicyclic) bond motifs is 1. The normalized spacial score (nSPS) is 12.0. The molecule has 1 amide bonds. The molecule has 0 aliphatic rings. The average Bonchev–Trinajstić information content (AvgIpc) is 3.23. The summed E-state index contributed by atoms with van der Waals surface area (Å²) in [6.45, 7) is 6.23. The molecule has 0 bridgehead atoms. The molecule has 2 aromatic heterocycles. The molecule has 6 heteroatoms. The molecule has 0 radical (unpaired) electrons. The molecule has 0 spiro atoms. The third-order valence-corrected chi connectivity index (χ3v) is 5.34. The summed E-state index contributed by atoms with van der Waals surface area (Å²) in [5, 5.41) is 2.90. The Kier molecular flexibility index (Phi) is 5.98. The minimum atomic E-state index is -0.215. The zero-order chi connectivity index (χ0) is 21.8. The number of pyridine rings is 1. The fraction of sp³-hybridized carbons (Fsp3) is 0.240. The van der Waals surface area contributed by atoms with Gasteiger partial charge in [0.15, 0.2) is 17.8 Å². The van der Waals surface area contributed by atoms with E-state index in [-0.39, 0.29) is 12.5 Å². The Hall–Kier alpha value is -3.67. The highest BCUT2D eigenvalue weighted by molar-refractivity contribution is 5.93. The molecule has 1 atom stereocenters. The second-order valence-electron chi connectivity index (χ2n) is 7.59. The van der Waals surface area contributed by atoms with Crippen LogP contribution in [-0.2, 0) is 4.79 Å². The monoisotopic (exact) mass is 415 g/mol. The lowest BCUT2D eigenvalue weighted by Gasteiger charge is -2.12. The number of aromatic nitrogens is 2. The molecule has 0 fully saturated rings. The first-order chi connectivity index (χ1) is 15.0. The van der Waals surface area contributed by atoms with Crippen LogP contribution < -0.4 is 10.1 Å². The van der Waals surface area contributed by atoms with Crippen molar-refractivity contribution in [1.82, 2.24) is 9.97 Å². The first kappa shape index (κ1) is 20.6. The van der Waals surface area contributed by atoms with Gasteiger partial charge in [-0.3, -0.25) is 4.79 Å². The van der Waals surface area contributed by atoms with E-state index in [9.17, 15) is 4.79 Å². The molecule has 2 aromatic carbocycles. The number of benzene rings is 2. The lowest BCUT2D eigenvalue weighted by Crippen LogP contribution is -2.20. The van der Waals surface area contributed by atoms with Crippen molar-refractivity contribution >= 4 is 22.8 Å². The Balaban J connectivity index is 1.38. The summed E-state index contributed by atoms with van der Waals surface area (Å²) in [6.07, 6.45) is 2.77. The smallest absolute Gasteiger partial charge is 0.262 e. The molecule has 158 valence electrons. The molecule has 1 N–H and O–H groups in total. The van der Waals surface area contributed by atoms with Crippen LogP contribution in [0.2, 0.25) is 0 Å². The van der Waals surface area contributed by atoms with Crippen LogP contribution in [0.4, 0.5) is 5.69 Å². The predicted molar refractivity (Wildman–Crippen MR) is 121 cm³/mol. The summed E-state index contributed by atoms with van der Waals surface area (Å²) in [7, 11) is 0. The molecule has 6 nitrogen and oxygen atoms in total.